The third-order valence-corrected chi connectivity index (χ3v) is 4.67. The lowest BCUT2D eigenvalue weighted by Crippen LogP contribution is -2.42. The van der Waals surface area contributed by atoms with Crippen molar-refractivity contribution in [3.8, 4) is 0 Å². The molecule has 0 amide bonds. The first-order valence-electron chi connectivity index (χ1n) is 6.88. The molecular formula is C15H20BrNO. The van der Waals surface area contributed by atoms with Gasteiger partial charge in [0.1, 0.15) is 0 Å². The van der Waals surface area contributed by atoms with Gasteiger partial charge in [-0.2, -0.15) is 0 Å². The van der Waals surface area contributed by atoms with Crippen molar-refractivity contribution in [1.29, 1.82) is 0 Å². The van der Waals surface area contributed by atoms with Gasteiger partial charge in [0.05, 0.1) is 6.61 Å². The fourth-order valence-corrected chi connectivity index (χ4v) is 3.31. The lowest BCUT2D eigenvalue weighted by atomic mass is 9.76. The van der Waals surface area contributed by atoms with E-state index in [2.05, 4.69) is 45.5 Å². The van der Waals surface area contributed by atoms with Crippen LogP contribution >= 0.6 is 15.9 Å². The monoisotopic (exact) mass is 309 g/mol. The third-order valence-electron chi connectivity index (χ3n) is 4.18. The summed E-state index contributed by atoms with van der Waals surface area (Å²) in [5.41, 5.74) is 1.48. The minimum absolute atomic E-state index is 0.717. The Hall–Kier alpha value is -0.380. The van der Waals surface area contributed by atoms with Gasteiger partial charge in [0.2, 0.25) is 0 Å². The molecule has 1 aromatic carbocycles. The minimum atomic E-state index is 0.717. The highest BCUT2D eigenvalue weighted by Gasteiger charge is 2.30. The van der Waals surface area contributed by atoms with Crippen molar-refractivity contribution in [1.82, 2.24) is 5.32 Å². The largest absolute Gasteiger partial charge is 0.381 e. The van der Waals surface area contributed by atoms with Gasteiger partial charge in [-0.3, -0.25) is 0 Å². The van der Waals surface area contributed by atoms with E-state index in [1.807, 2.05) is 0 Å². The van der Waals surface area contributed by atoms with E-state index in [-0.39, 0.29) is 0 Å². The summed E-state index contributed by atoms with van der Waals surface area (Å²) in [6.07, 6.45) is 3.79. The maximum atomic E-state index is 5.40. The third kappa shape index (κ3) is 2.95. The van der Waals surface area contributed by atoms with Crippen LogP contribution in [0, 0.1) is 5.92 Å². The molecule has 0 radical (unpaired) electrons. The first-order chi connectivity index (χ1) is 8.81. The second kappa shape index (κ2) is 5.72. The fraction of sp³-hybridized carbons (Fsp3) is 0.600. The average molecular weight is 310 g/mol. The predicted molar refractivity (Wildman–Crippen MR) is 76.8 cm³/mol. The lowest BCUT2D eigenvalue weighted by molar-refractivity contribution is 0.182. The SMILES string of the molecule is Brc1cccc(C2CC(NCC3CCOC3)C2)c1. The van der Waals surface area contributed by atoms with Crippen LogP contribution in [0.3, 0.4) is 0 Å². The van der Waals surface area contributed by atoms with Crippen molar-refractivity contribution in [3.63, 3.8) is 0 Å². The highest BCUT2D eigenvalue weighted by atomic mass is 79.9. The molecule has 1 saturated carbocycles. The molecule has 3 heteroatoms. The summed E-state index contributed by atoms with van der Waals surface area (Å²) in [4.78, 5) is 0. The molecule has 1 aromatic rings. The van der Waals surface area contributed by atoms with Crippen LogP contribution in [-0.4, -0.2) is 25.8 Å². The zero-order chi connectivity index (χ0) is 12.4. The standard InChI is InChI=1S/C15H20BrNO/c16-14-3-1-2-12(6-14)13-7-15(8-13)17-9-11-4-5-18-10-11/h1-3,6,11,13,15,17H,4-5,7-10H2. The molecule has 2 nitrogen and oxygen atoms in total. The van der Waals surface area contributed by atoms with Crippen molar-refractivity contribution in [2.45, 2.75) is 31.2 Å². The van der Waals surface area contributed by atoms with Crippen LogP contribution in [0.5, 0.6) is 0 Å². The quantitative estimate of drug-likeness (QED) is 0.921. The maximum Gasteiger partial charge on any atom is 0.0507 e. The van der Waals surface area contributed by atoms with Crippen molar-refractivity contribution >= 4 is 15.9 Å². The zero-order valence-electron chi connectivity index (χ0n) is 10.6. The minimum Gasteiger partial charge on any atom is -0.381 e. The molecule has 98 valence electrons. The van der Waals surface area contributed by atoms with Crippen LogP contribution in [-0.2, 0) is 4.74 Å². The molecule has 1 heterocycles. The summed E-state index contributed by atoms with van der Waals surface area (Å²) in [6.45, 7) is 3.04. The molecule has 1 aliphatic carbocycles. The van der Waals surface area contributed by atoms with E-state index in [1.54, 1.807) is 0 Å². The first kappa shape index (κ1) is 12.6. The summed E-state index contributed by atoms with van der Waals surface area (Å²) in [5.74, 6) is 1.50. The second-order valence-electron chi connectivity index (χ2n) is 5.56. The molecule has 0 spiro atoms. The van der Waals surface area contributed by atoms with E-state index in [0.29, 0.717) is 0 Å². The Morgan fingerprint density at radius 3 is 2.94 bits per heavy atom. The van der Waals surface area contributed by atoms with Crippen molar-refractivity contribution in [2.24, 2.45) is 5.92 Å². The van der Waals surface area contributed by atoms with E-state index in [1.165, 1.54) is 29.3 Å². The molecule has 3 rings (SSSR count). The zero-order valence-corrected chi connectivity index (χ0v) is 12.2. The number of hydrogen-bond donors (Lipinski definition) is 1. The molecule has 18 heavy (non-hydrogen) atoms. The molecule has 0 bridgehead atoms. The van der Waals surface area contributed by atoms with Crippen LogP contribution in [0.2, 0.25) is 0 Å². The van der Waals surface area contributed by atoms with E-state index < -0.39 is 0 Å². The first-order valence-corrected chi connectivity index (χ1v) is 7.67. The topological polar surface area (TPSA) is 21.3 Å². The summed E-state index contributed by atoms with van der Waals surface area (Å²) >= 11 is 3.54. The van der Waals surface area contributed by atoms with Gasteiger partial charge in [-0.25, -0.2) is 0 Å². The van der Waals surface area contributed by atoms with Gasteiger partial charge in [-0.15, -0.1) is 0 Å². The molecule has 1 unspecified atom stereocenters. The van der Waals surface area contributed by atoms with Crippen molar-refractivity contribution < 1.29 is 4.74 Å². The van der Waals surface area contributed by atoms with Gasteiger partial charge in [-0.05, 0) is 48.8 Å². The Kier molecular flexibility index (Phi) is 4.02. The van der Waals surface area contributed by atoms with E-state index >= 15 is 0 Å². The molecule has 0 aromatic heterocycles. The fourth-order valence-electron chi connectivity index (χ4n) is 2.89. The van der Waals surface area contributed by atoms with E-state index in [4.69, 9.17) is 4.74 Å². The lowest BCUT2D eigenvalue weighted by Gasteiger charge is -2.37. The Morgan fingerprint density at radius 1 is 1.33 bits per heavy atom. The molecule has 2 aliphatic rings. The number of hydrogen-bond acceptors (Lipinski definition) is 2. The van der Waals surface area contributed by atoms with Crippen molar-refractivity contribution in [3.05, 3.63) is 34.3 Å². The van der Waals surface area contributed by atoms with Crippen LogP contribution in [0.4, 0.5) is 0 Å². The Bertz CT molecular complexity index is 397. The molecule has 2 fully saturated rings. The number of ether oxygens (including phenoxy) is 1. The smallest absolute Gasteiger partial charge is 0.0507 e. The summed E-state index contributed by atoms with van der Waals surface area (Å²) in [5, 5.41) is 3.68. The van der Waals surface area contributed by atoms with Gasteiger partial charge in [0, 0.05) is 23.7 Å². The van der Waals surface area contributed by atoms with Crippen LogP contribution in [0.15, 0.2) is 28.7 Å². The highest BCUT2D eigenvalue weighted by molar-refractivity contribution is 9.10. The maximum absolute atomic E-state index is 5.40. The summed E-state index contributed by atoms with van der Waals surface area (Å²) in [7, 11) is 0. The molecular weight excluding hydrogens is 290 g/mol. The Morgan fingerprint density at radius 2 is 2.22 bits per heavy atom. The van der Waals surface area contributed by atoms with Gasteiger partial charge < -0.3 is 10.1 Å². The van der Waals surface area contributed by atoms with Gasteiger partial charge >= 0.3 is 0 Å². The van der Waals surface area contributed by atoms with Crippen LogP contribution < -0.4 is 5.32 Å². The number of halogens is 1. The molecule has 1 saturated heterocycles. The van der Waals surface area contributed by atoms with Crippen molar-refractivity contribution in [2.75, 3.05) is 19.8 Å². The molecule has 1 N–H and O–H groups in total. The van der Waals surface area contributed by atoms with Gasteiger partial charge in [0.15, 0.2) is 0 Å². The van der Waals surface area contributed by atoms with Crippen LogP contribution in [0.25, 0.3) is 0 Å². The summed E-state index contributed by atoms with van der Waals surface area (Å²) < 4.78 is 6.59. The van der Waals surface area contributed by atoms with E-state index in [9.17, 15) is 0 Å². The predicted octanol–water partition coefficient (Wildman–Crippen LogP) is 3.32. The number of nitrogens with one attached hydrogen (secondary N) is 1. The summed E-state index contributed by atoms with van der Waals surface area (Å²) in [6, 6.07) is 9.45. The van der Waals surface area contributed by atoms with Gasteiger partial charge in [-0.1, -0.05) is 28.1 Å². The van der Waals surface area contributed by atoms with E-state index in [0.717, 1.165) is 37.6 Å². The molecule has 1 atom stereocenters. The van der Waals surface area contributed by atoms with Crippen LogP contribution in [0.1, 0.15) is 30.7 Å². The second-order valence-corrected chi connectivity index (χ2v) is 6.47. The average Bonchev–Trinajstić information content (AvgIpc) is 2.80. The Balaban J connectivity index is 1.42. The number of benzene rings is 1. The number of rotatable bonds is 4. The highest BCUT2D eigenvalue weighted by Crippen LogP contribution is 2.37. The normalized spacial score (nSPS) is 31.3. The van der Waals surface area contributed by atoms with Gasteiger partial charge in [0.25, 0.3) is 0 Å². The Labute approximate surface area is 117 Å². The molecule has 1 aliphatic heterocycles.